The molecular weight excluding hydrogens is 312 g/mol. The normalized spacial score (nSPS) is 11.6. The molecule has 1 amide bonds. The third kappa shape index (κ3) is 2.98. The number of amides is 1. The molecule has 0 aliphatic carbocycles. The average Bonchev–Trinajstić information content (AvgIpc) is 3.12. The van der Waals surface area contributed by atoms with E-state index in [2.05, 4.69) is 15.3 Å². The first kappa shape index (κ1) is 15.7. The zero-order valence-corrected chi connectivity index (χ0v) is 13.4. The fourth-order valence-electron chi connectivity index (χ4n) is 2.08. The maximum absolute atomic E-state index is 12.0. The molecule has 8 heteroatoms. The summed E-state index contributed by atoms with van der Waals surface area (Å²) in [4.78, 5) is 29.5. The molecule has 0 aliphatic rings. The minimum atomic E-state index is -0.605. The smallest absolute Gasteiger partial charge is 0.397 e. The number of anilines is 1. The van der Waals surface area contributed by atoms with Crippen molar-refractivity contribution in [2.45, 2.75) is 20.8 Å². The maximum Gasteiger partial charge on any atom is 0.433 e. The molecule has 0 fully saturated rings. The van der Waals surface area contributed by atoms with Crippen LogP contribution < -0.4 is 5.32 Å². The molecule has 24 heavy (non-hydrogen) atoms. The van der Waals surface area contributed by atoms with Crippen LogP contribution in [0.25, 0.3) is 22.6 Å². The molecular formula is C16H16N4O4. The molecule has 0 saturated carbocycles. The van der Waals surface area contributed by atoms with Crippen molar-refractivity contribution in [2.75, 3.05) is 5.32 Å². The average molecular weight is 328 g/mol. The van der Waals surface area contributed by atoms with E-state index in [0.717, 1.165) is 0 Å². The number of imidazole rings is 1. The Hall–Kier alpha value is -3.16. The Labute approximate surface area is 137 Å². The number of hydrogen-bond acceptors (Lipinski definition) is 5. The molecule has 2 N–H and O–H groups in total. The van der Waals surface area contributed by atoms with Crippen LogP contribution in [0.15, 0.2) is 34.7 Å². The molecule has 3 rings (SSSR count). The Morgan fingerprint density at radius 1 is 1.29 bits per heavy atom. The van der Waals surface area contributed by atoms with Gasteiger partial charge in [-0.3, -0.25) is 14.9 Å². The number of nitro groups is 1. The van der Waals surface area contributed by atoms with Gasteiger partial charge < -0.3 is 14.7 Å². The third-order valence-corrected chi connectivity index (χ3v) is 3.43. The third-order valence-electron chi connectivity index (χ3n) is 3.43. The Balaban J connectivity index is 1.91. The van der Waals surface area contributed by atoms with Crippen LogP contribution in [-0.4, -0.2) is 20.8 Å². The molecule has 3 aromatic rings. The first-order chi connectivity index (χ1) is 11.2. The Morgan fingerprint density at radius 2 is 2.04 bits per heavy atom. The zero-order valence-electron chi connectivity index (χ0n) is 13.4. The molecule has 0 bridgehead atoms. The van der Waals surface area contributed by atoms with Gasteiger partial charge in [-0.1, -0.05) is 20.8 Å². The topological polar surface area (TPSA) is 114 Å². The summed E-state index contributed by atoms with van der Waals surface area (Å²) in [6.07, 6.45) is 0. The minimum absolute atomic E-state index is 0.0942. The van der Waals surface area contributed by atoms with Crippen molar-refractivity contribution >= 4 is 28.5 Å². The van der Waals surface area contributed by atoms with Crippen LogP contribution in [0, 0.1) is 15.5 Å². The predicted molar refractivity (Wildman–Crippen MR) is 88.5 cm³/mol. The van der Waals surface area contributed by atoms with Crippen LogP contribution in [0.2, 0.25) is 0 Å². The lowest BCUT2D eigenvalue weighted by atomic mass is 9.95. The van der Waals surface area contributed by atoms with Gasteiger partial charge in [-0.25, -0.2) is 4.98 Å². The SMILES string of the molecule is CC(C)(C)C(=O)Nc1ccc2nc(-c3ccc([N+](=O)[O-])o3)[nH]c2c1. The number of benzene rings is 1. The van der Waals surface area contributed by atoms with E-state index in [1.54, 1.807) is 18.2 Å². The molecule has 2 aromatic heterocycles. The van der Waals surface area contributed by atoms with Crippen molar-refractivity contribution in [1.82, 2.24) is 9.97 Å². The first-order valence-electron chi connectivity index (χ1n) is 7.30. The summed E-state index contributed by atoms with van der Waals surface area (Å²) in [5, 5.41) is 13.5. The summed E-state index contributed by atoms with van der Waals surface area (Å²) in [6, 6.07) is 8.02. The highest BCUT2D eigenvalue weighted by atomic mass is 16.6. The van der Waals surface area contributed by atoms with Gasteiger partial charge in [-0.2, -0.15) is 0 Å². The number of aromatic amines is 1. The van der Waals surface area contributed by atoms with Crippen molar-refractivity contribution in [3.05, 3.63) is 40.4 Å². The molecule has 0 saturated heterocycles. The highest BCUT2D eigenvalue weighted by Crippen LogP contribution is 2.27. The first-order valence-corrected chi connectivity index (χ1v) is 7.30. The largest absolute Gasteiger partial charge is 0.433 e. The van der Waals surface area contributed by atoms with E-state index in [4.69, 9.17) is 4.42 Å². The van der Waals surface area contributed by atoms with Crippen LogP contribution in [-0.2, 0) is 4.79 Å². The molecule has 0 atom stereocenters. The summed E-state index contributed by atoms with van der Waals surface area (Å²) >= 11 is 0. The molecule has 2 heterocycles. The second kappa shape index (κ2) is 5.48. The van der Waals surface area contributed by atoms with Gasteiger partial charge in [0.1, 0.15) is 4.92 Å². The van der Waals surface area contributed by atoms with Crippen molar-refractivity contribution in [3.8, 4) is 11.6 Å². The van der Waals surface area contributed by atoms with E-state index >= 15 is 0 Å². The van der Waals surface area contributed by atoms with Gasteiger partial charge in [-0.05, 0) is 24.3 Å². The van der Waals surface area contributed by atoms with Crippen LogP contribution in [0.5, 0.6) is 0 Å². The van der Waals surface area contributed by atoms with E-state index < -0.39 is 10.3 Å². The van der Waals surface area contributed by atoms with Gasteiger partial charge in [0.2, 0.25) is 5.91 Å². The van der Waals surface area contributed by atoms with Crippen molar-refractivity contribution in [2.24, 2.45) is 5.41 Å². The molecule has 0 radical (unpaired) electrons. The minimum Gasteiger partial charge on any atom is -0.397 e. The lowest BCUT2D eigenvalue weighted by Gasteiger charge is -2.17. The summed E-state index contributed by atoms with van der Waals surface area (Å²) in [5.41, 5.74) is 1.50. The summed E-state index contributed by atoms with van der Waals surface area (Å²) in [5.74, 6) is 0.224. The van der Waals surface area contributed by atoms with E-state index in [1.165, 1.54) is 12.1 Å². The summed E-state index contributed by atoms with van der Waals surface area (Å²) in [6.45, 7) is 5.50. The number of carbonyl (C=O) groups excluding carboxylic acids is 1. The Bertz CT molecular complexity index is 933. The highest BCUT2D eigenvalue weighted by molar-refractivity contribution is 5.96. The monoisotopic (exact) mass is 328 g/mol. The Kier molecular flexibility index (Phi) is 3.59. The number of carbonyl (C=O) groups is 1. The van der Waals surface area contributed by atoms with Crippen molar-refractivity contribution in [3.63, 3.8) is 0 Å². The summed E-state index contributed by atoms with van der Waals surface area (Å²) < 4.78 is 5.14. The molecule has 0 unspecified atom stereocenters. The second-order valence-electron chi connectivity index (χ2n) is 6.42. The van der Waals surface area contributed by atoms with Crippen molar-refractivity contribution < 1.29 is 14.1 Å². The van der Waals surface area contributed by atoms with Gasteiger partial charge in [0, 0.05) is 11.1 Å². The fraction of sp³-hybridized carbons (Fsp3) is 0.250. The lowest BCUT2D eigenvalue weighted by molar-refractivity contribution is -0.401. The number of nitrogens with one attached hydrogen (secondary N) is 2. The second-order valence-corrected chi connectivity index (χ2v) is 6.42. The number of rotatable bonds is 3. The van der Waals surface area contributed by atoms with Crippen molar-refractivity contribution in [1.29, 1.82) is 0 Å². The standard InChI is InChI=1S/C16H16N4O4/c1-16(2,3)15(21)17-9-4-5-10-11(8-9)19-14(18-10)12-6-7-13(24-12)20(22)23/h4-8H,1-3H3,(H,17,21)(H,18,19). The molecule has 1 aromatic carbocycles. The van der Waals surface area contributed by atoms with Gasteiger partial charge in [-0.15, -0.1) is 0 Å². The van der Waals surface area contributed by atoms with Crippen LogP contribution in [0.4, 0.5) is 11.6 Å². The van der Waals surface area contributed by atoms with Crippen LogP contribution in [0.3, 0.4) is 0 Å². The van der Waals surface area contributed by atoms with Crippen LogP contribution in [0.1, 0.15) is 20.8 Å². The molecule has 0 spiro atoms. The quantitative estimate of drug-likeness (QED) is 0.562. The van der Waals surface area contributed by atoms with E-state index in [9.17, 15) is 14.9 Å². The predicted octanol–water partition coefficient (Wildman–Crippen LogP) is 3.72. The summed E-state index contributed by atoms with van der Waals surface area (Å²) in [7, 11) is 0. The molecule has 0 aliphatic heterocycles. The number of nitrogens with zero attached hydrogens (tertiary/aromatic N) is 2. The number of hydrogen-bond donors (Lipinski definition) is 2. The molecule has 8 nitrogen and oxygen atoms in total. The number of fused-ring (bicyclic) bond motifs is 1. The number of furan rings is 1. The van der Waals surface area contributed by atoms with Gasteiger partial charge in [0.05, 0.1) is 17.1 Å². The van der Waals surface area contributed by atoms with E-state index in [1.807, 2.05) is 20.8 Å². The number of H-pyrrole nitrogens is 1. The van der Waals surface area contributed by atoms with E-state index in [-0.39, 0.29) is 17.6 Å². The van der Waals surface area contributed by atoms with Gasteiger partial charge in [0.15, 0.2) is 11.6 Å². The van der Waals surface area contributed by atoms with Gasteiger partial charge in [0.25, 0.3) is 0 Å². The fourth-order valence-corrected chi connectivity index (χ4v) is 2.08. The van der Waals surface area contributed by atoms with Crippen LogP contribution >= 0.6 is 0 Å². The maximum atomic E-state index is 12.0. The Morgan fingerprint density at radius 3 is 2.67 bits per heavy atom. The van der Waals surface area contributed by atoms with E-state index in [0.29, 0.717) is 22.5 Å². The molecule has 124 valence electrons. The zero-order chi connectivity index (χ0) is 17.5. The number of aromatic nitrogens is 2. The highest BCUT2D eigenvalue weighted by Gasteiger charge is 2.21. The lowest BCUT2D eigenvalue weighted by Crippen LogP contribution is -2.27. The van der Waals surface area contributed by atoms with Gasteiger partial charge >= 0.3 is 5.88 Å².